The summed E-state index contributed by atoms with van der Waals surface area (Å²) < 4.78 is 14.0. The molecule has 3 nitrogen and oxygen atoms in total. The van der Waals surface area contributed by atoms with Crippen LogP contribution in [0.4, 0.5) is 17.1 Å². The van der Waals surface area contributed by atoms with Gasteiger partial charge in [-0.2, -0.15) is 0 Å². The van der Waals surface area contributed by atoms with Gasteiger partial charge in [0.2, 0.25) is 0 Å². The quantitative estimate of drug-likeness (QED) is 0.179. The molecule has 286 valence electrons. The Hall–Kier alpha value is -7.62. The van der Waals surface area contributed by atoms with Crippen LogP contribution < -0.4 is 4.90 Å². The zero-order chi connectivity index (χ0) is 40.2. The van der Waals surface area contributed by atoms with E-state index in [1.54, 1.807) is 0 Å². The monoisotopic (exact) mass is 779 g/mol. The van der Waals surface area contributed by atoms with Crippen molar-refractivity contribution in [2.24, 2.45) is 0 Å². The van der Waals surface area contributed by atoms with Crippen LogP contribution in [-0.4, -0.2) is 0 Å². The lowest BCUT2D eigenvalue weighted by Crippen LogP contribution is -2.25. The molecule has 0 aliphatic heterocycles. The first kappa shape index (κ1) is 33.2. The van der Waals surface area contributed by atoms with Crippen LogP contribution >= 0.6 is 0 Å². The van der Waals surface area contributed by atoms with Gasteiger partial charge in [-0.3, -0.25) is 0 Å². The van der Waals surface area contributed by atoms with Gasteiger partial charge in [-0.15, -0.1) is 0 Å². The van der Waals surface area contributed by atoms with E-state index in [0.717, 1.165) is 60.9 Å². The molecule has 0 atom stereocenters. The first-order valence-electron chi connectivity index (χ1n) is 21.3. The Kier molecular flexibility index (Phi) is 6.30. The second-order valence-electron chi connectivity index (χ2n) is 17.5. The minimum atomic E-state index is -0.438. The van der Waals surface area contributed by atoms with Crippen LogP contribution in [0.15, 0.2) is 197 Å². The fourth-order valence-electron chi connectivity index (χ4n) is 11.8. The molecule has 0 fully saturated rings. The van der Waals surface area contributed by atoms with Crippen molar-refractivity contribution in [2.45, 2.75) is 24.7 Å². The molecular formula is C58H37NO2. The van der Waals surface area contributed by atoms with E-state index in [9.17, 15) is 0 Å². The van der Waals surface area contributed by atoms with Crippen LogP contribution in [0.5, 0.6) is 0 Å². The molecule has 1 spiro atoms. The zero-order valence-electron chi connectivity index (χ0n) is 33.7. The largest absolute Gasteiger partial charge is 0.454 e. The van der Waals surface area contributed by atoms with Gasteiger partial charge in [0, 0.05) is 32.6 Å². The first-order valence-corrected chi connectivity index (χ1v) is 21.3. The van der Waals surface area contributed by atoms with E-state index in [4.69, 9.17) is 8.83 Å². The molecule has 0 unspecified atom stereocenters. The van der Waals surface area contributed by atoms with E-state index < -0.39 is 5.41 Å². The van der Waals surface area contributed by atoms with Crippen molar-refractivity contribution in [1.82, 2.24) is 0 Å². The Morgan fingerprint density at radius 3 is 1.62 bits per heavy atom. The van der Waals surface area contributed by atoms with Crippen molar-refractivity contribution in [2.75, 3.05) is 4.90 Å². The predicted molar refractivity (Wildman–Crippen MR) is 250 cm³/mol. The second-order valence-corrected chi connectivity index (χ2v) is 17.5. The van der Waals surface area contributed by atoms with E-state index in [1.807, 2.05) is 6.07 Å². The number of anilines is 3. The lowest BCUT2D eigenvalue weighted by atomic mass is 9.70. The summed E-state index contributed by atoms with van der Waals surface area (Å²) in [6.45, 7) is 4.69. The van der Waals surface area contributed by atoms with Gasteiger partial charge in [0.1, 0.15) is 11.2 Å². The van der Waals surface area contributed by atoms with E-state index in [1.165, 1.54) is 66.8 Å². The molecule has 3 heteroatoms. The molecule has 0 bridgehead atoms. The van der Waals surface area contributed by atoms with Gasteiger partial charge >= 0.3 is 0 Å². The molecule has 3 aliphatic carbocycles. The minimum absolute atomic E-state index is 0.175. The number of para-hydroxylation sites is 3. The molecular weight excluding hydrogens is 743 g/mol. The van der Waals surface area contributed by atoms with Crippen LogP contribution in [0.2, 0.25) is 0 Å². The summed E-state index contributed by atoms with van der Waals surface area (Å²) in [6, 6.07) is 68.9. The van der Waals surface area contributed by atoms with Crippen LogP contribution in [0.3, 0.4) is 0 Å². The summed E-state index contributed by atoms with van der Waals surface area (Å²) in [4.78, 5) is 2.37. The Labute approximate surface area is 352 Å². The van der Waals surface area contributed by atoms with Gasteiger partial charge in [0.15, 0.2) is 11.2 Å². The summed E-state index contributed by atoms with van der Waals surface area (Å²) in [5.41, 5.74) is 21.4. The van der Waals surface area contributed by atoms with Gasteiger partial charge in [-0.1, -0.05) is 166 Å². The second kappa shape index (κ2) is 11.6. The van der Waals surface area contributed by atoms with Crippen molar-refractivity contribution in [3.8, 4) is 33.4 Å². The molecule has 3 aliphatic rings. The van der Waals surface area contributed by atoms with Gasteiger partial charge in [-0.05, 0) is 103 Å². The van der Waals surface area contributed by atoms with Crippen molar-refractivity contribution in [3.05, 3.63) is 221 Å². The van der Waals surface area contributed by atoms with E-state index >= 15 is 0 Å². The Bertz CT molecular complexity index is 3660. The van der Waals surface area contributed by atoms with Crippen molar-refractivity contribution >= 4 is 60.9 Å². The topological polar surface area (TPSA) is 29.5 Å². The van der Waals surface area contributed by atoms with Crippen LogP contribution in [0.1, 0.15) is 47.2 Å². The number of hydrogen-bond donors (Lipinski definition) is 0. The number of furan rings is 2. The van der Waals surface area contributed by atoms with E-state index in [2.05, 4.69) is 201 Å². The molecule has 2 aromatic heterocycles. The van der Waals surface area contributed by atoms with E-state index in [-0.39, 0.29) is 5.41 Å². The number of nitrogens with zero attached hydrogens (tertiary/aromatic N) is 1. The normalized spacial score (nSPS) is 14.7. The lowest BCUT2D eigenvalue weighted by molar-refractivity contribution is 0.660. The third-order valence-corrected chi connectivity index (χ3v) is 14.3. The Morgan fingerprint density at radius 2 is 0.902 bits per heavy atom. The maximum Gasteiger partial charge on any atom is 0.159 e. The summed E-state index contributed by atoms with van der Waals surface area (Å²) in [5.74, 6) is 0. The highest BCUT2D eigenvalue weighted by Crippen LogP contribution is 2.64. The third kappa shape index (κ3) is 4.04. The first-order chi connectivity index (χ1) is 30.0. The molecule has 61 heavy (non-hydrogen) atoms. The lowest BCUT2D eigenvalue weighted by Gasteiger charge is -2.30. The van der Waals surface area contributed by atoms with Crippen LogP contribution in [0, 0.1) is 0 Å². The highest BCUT2D eigenvalue weighted by molar-refractivity contribution is 6.19. The summed E-state index contributed by atoms with van der Waals surface area (Å²) in [6.07, 6.45) is 0. The number of rotatable bonds is 3. The van der Waals surface area contributed by atoms with Crippen LogP contribution in [-0.2, 0) is 10.8 Å². The minimum Gasteiger partial charge on any atom is -0.454 e. The molecule has 0 amide bonds. The molecule has 14 rings (SSSR count). The molecule has 0 saturated heterocycles. The van der Waals surface area contributed by atoms with Crippen molar-refractivity contribution in [1.29, 1.82) is 0 Å². The molecule has 2 heterocycles. The van der Waals surface area contributed by atoms with Gasteiger partial charge < -0.3 is 13.7 Å². The molecule has 0 N–H and O–H groups in total. The maximum atomic E-state index is 7.22. The molecule has 11 aromatic rings. The van der Waals surface area contributed by atoms with Crippen molar-refractivity contribution < 1.29 is 8.83 Å². The molecule has 9 aromatic carbocycles. The number of fused-ring (bicyclic) bond motifs is 20. The predicted octanol–water partition coefficient (Wildman–Crippen LogP) is 15.6. The van der Waals surface area contributed by atoms with Crippen LogP contribution in [0.25, 0.3) is 77.3 Å². The maximum absolute atomic E-state index is 7.22. The number of benzene rings is 9. The zero-order valence-corrected chi connectivity index (χ0v) is 33.7. The Balaban J connectivity index is 1.06. The highest BCUT2D eigenvalue weighted by Gasteiger charge is 2.52. The Morgan fingerprint density at radius 1 is 0.377 bits per heavy atom. The SMILES string of the molecule is CC1(C)c2ccccc2-c2ccc(N(c3cccc4c3oc3ccccc34)c3cccc4c3oc3ccc5c(c34)-c3ccccc3C53c4ccccc4-c4ccccc43)cc21. The summed E-state index contributed by atoms with van der Waals surface area (Å²) >= 11 is 0. The van der Waals surface area contributed by atoms with Crippen molar-refractivity contribution in [3.63, 3.8) is 0 Å². The third-order valence-electron chi connectivity index (χ3n) is 14.3. The van der Waals surface area contributed by atoms with Gasteiger partial charge in [-0.25, -0.2) is 0 Å². The highest BCUT2D eigenvalue weighted by atomic mass is 16.3. The summed E-state index contributed by atoms with van der Waals surface area (Å²) in [5, 5.41) is 4.42. The smallest absolute Gasteiger partial charge is 0.159 e. The average molecular weight is 780 g/mol. The molecule has 0 radical (unpaired) electrons. The van der Waals surface area contributed by atoms with Gasteiger partial charge in [0.25, 0.3) is 0 Å². The van der Waals surface area contributed by atoms with Gasteiger partial charge in [0.05, 0.1) is 16.8 Å². The van der Waals surface area contributed by atoms with E-state index in [0.29, 0.717) is 0 Å². The fourth-order valence-corrected chi connectivity index (χ4v) is 11.8. The number of hydrogen-bond acceptors (Lipinski definition) is 3. The average Bonchev–Trinajstić information content (AvgIpc) is 4.08. The summed E-state index contributed by atoms with van der Waals surface area (Å²) in [7, 11) is 0. The standard InChI is InChI=1S/C58H37NO2/c1-57(2)43-22-8-3-15-35(43)38-30-29-34(33-48(38)57)59(49-26-13-20-40-39-18-7-12-28-51(39)60-55(40)49)50-27-14-21-42-54-52(61-56(42)50)32-31-47-53(54)41-19-6-11-25-46(41)58(47)44-23-9-4-16-36(44)37-17-5-10-24-45(37)58/h3-33H,1-2H3. The fraction of sp³-hybridized carbons (Fsp3) is 0.0690. The molecule has 0 saturated carbocycles.